The van der Waals surface area contributed by atoms with Crippen molar-refractivity contribution in [2.45, 2.75) is 6.54 Å². The zero-order chi connectivity index (χ0) is 13.5. The molecule has 0 unspecified atom stereocenters. The Bertz CT molecular complexity index is 531. The van der Waals surface area contributed by atoms with Crippen LogP contribution in [0, 0.1) is 0 Å². The van der Waals surface area contributed by atoms with E-state index < -0.39 is 0 Å². The number of hydrogen-bond acceptors (Lipinski definition) is 3. The first-order valence-corrected chi connectivity index (χ1v) is 6.46. The average molecular weight is 278 g/mol. The summed E-state index contributed by atoms with van der Waals surface area (Å²) in [5.74, 6) is 1.47. The fraction of sp³-hybridized carbons (Fsp3) is 0.200. The second-order valence-electron chi connectivity index (χ2n) is 3.98. The highest BCUT2D eigenvalue weighted by atomic mass is 35.5. The first kappa shape index (κ1) is 13.7. The van der Waals surface area contributed by atoms with Crippen LogP contribution in [0.15, 0.2) is 48.5 Å². The minimum atomic E-state index is 0.441. The Kier molecular flexibility index (Phi) is 5.07. The van der Waals surface area contributed by atoms with Crippen molar-refractivity contribution in [2.24, 2.45) is 5.73 Å². The lowest BCUT2D eigenvalue weighted by atomic mass is 10.2. The number of rotatable bonds is 6. The van der Waals surface area contributed by atoms with Crippen LogP contribution in [0.5, 0.6) is 11.5 Å². The van der Waals surface area contributed by atoms with Crippen LogP contribution in [0.2, 0.25) is 5.02 Å². The molecule has 0 bridgehead atoms. The van der Waals surface area contributed by atoms with Gasteiger partial charge in [-0.3, -0.25) is 0 Å². The van der Waals surface area contributed by atoms with Gasteiger partial charge in [0, 0.05) is 6.54 Å². The van der Waals surface area contributed by atoms with Crippen LogP contribution in [0.4, 0.5) is 0 Å². The van der Waals surface area contributed by atoms with E-state index in [4.69, 9.17) is 26.8 Å². The summed E-state index contributed by atoms with van der Waals surface area (Å²) in [4.78, 5) is 0. The molecule has 2 aromatic carbocycles. The standard InChI is InChI=1S/C15H16ClNO2/c16-14-6-1-2-7-15(14)19-9-8-18-13-5-3-4-12(10-13)11-17/h1-7,10H,8-9,11,17H2. The third-order valence-electron chi connectivity index (χ3n) is 2.58. The molecule has 2 aromatic rings. The molecular formula is C15H16ClNO2. The number of nitrogens with two attached hydrogens (primary N) is 1. The number of halogens is 1. The molecule has 100 valence electrons. The number of hydrogen-bond donors (Lipinski definition) is 1. The highest BCUT2D eigenvalue weighted by molar-refractivity contribution is 6.32. The Morgan fingerprint density at radius 3 is 2.53 bits per heavy atom. The molecule has 0 aliphatic heterocycles. The topological polar surface area (TPSA) is 44.5 Å². The van der Waals surface area contributed by atoms with Crippen LogP contribution in [0.3, 0.4) is 0 Å². The van der Waals surface area contributed by atoms with Crippen LogP contribution < -0.4 is 15.2 Å². The third-order valence-corrected chi connectivity index (χ3v) is 2.89. The molecule has 4 heteroatoms. The van der Waals surface area contributed by atoms with Gasteiger partial charge >= 0.3 is 0 Å². The molecule has 0 atom stereocenters. The maximum Gasteiger partial charge on any atom is 0.138 e. The van der Waals surface area contributed by atoms with E-state index in [1.165, 1.54) is 0 Å². The van der Waals surface area contributed by atoms with E-state index in [-0.39, 0.29) is 0 Å². The van der Waals surface area contributed by atoms with Crippen LogP contribution in [0.25, 0.3) is 0 Å². The fourth-order valence-corrected chi connectivity index (χ4v) is 1.83. The molecule has 0 saturated carbocycles. The van der Waals surface area contributed by atoms with Gasteiger partial charge in [-0.1, -0.05) is 35.9 Å². The van der Waals surface area contributed by atoms with Crippen LogP contribution in [-0.2, 0) is 6.54 Å². The van der Waals surface area contributed by atoms with Gasteiger partial charge in [0.25, 0.3) is 0 Å². The summed E-state index contributed by atoms with van der Waals surface area (Å²) in [7, 11) is 0. The van der Waals surface area contributed by atoms with E-state index in [1.54, 1.807) is 6.07 Å². The minimum Gasteiger partial charge on any atom is -0.490 e. The summed E-state index contributed by atoms with van der Waals surface area (Å²) in [5, 5.41) is 0.604. The molecular weight excluding hydrogens is 262 g/mol. The molecule has 2 N–H and O–H groups in total. The van der Waals surface area contributed by atoms with E-state index in [0.717, 1.165) is 11.3 Å². The van der Waals surface area contributed by atoms with Crippen LogP contribution in [-0.4, -0.2) is 13.2 Å². The molecule has 3 nitrogen and oxygen atoms in total. The lowest BCUT2D eigenvalue weighted by molar-refractivity contribution is 0.217. The van der Waals surface area contributed by atoms with Crippen molar-refractivity contribution in [2.75, 3.05) is 13.2 Å². The summed E-state index contributed by atoms with van der Waals surface area (Å²) in [6.45, 7) is 1.41. The third kappa shape index (κ3) is 4.16. The predicted molar refractivity (Wildman–Crippen MR) is 76.8 cm³/mol. The molecule has 0 aliphatic carbocycles. The van der Waals surface area contributed by atoms with Crippen molar-refractivity contribution in [1.29, 1.82) is 0 Å². The zero-order valence-electron chi connectivity index (χ0n) is 10.5. The Hall–Kier alpha value is -1.71. The van der Waals surface area contributed by atoms with Crippen LogP contribution in [0.1, 0.15) is 5.56 Å². The molecule has 2 rings (SSSR count). The highest BCUT2D eigenvalue weighted by Gasteiger charge is 2.00. The van der Waals surface area contributed by atoms with Crippen molar-refractivity contribution in [1.82, 2.24) is 0 Å². The first-order chi connectivity index (χ1) is 9.29. The van der Waals surface area contributed by atoms with Gasteiger partial charge in [-0.2, -0.15) is 0 Å². The largest absolute Gasteiger partial charge is 0.490 e. The molecule has 0 aromatic heterocycles. The lowest BCUT2D eigenvalue weighted by Crippen LogP contribution is -2.09. The van der Waals surface area contributed by atoms with Gasteiger partial charge in [-0.05, 0) is 29.8 Å². The summed E-state index contributed by atoms with van der Waals surface area (Å²) in [6.07, 6.45) is 0. The normalized spacial score (nSPS) is 10.2. The molecule has 0 saturated heterocycles. The Morgan fingerprint density at radius 2 is 1.74 bits per heavy atom. The number of para-hydroxylation sites is 1. The molecule has 0 amide bonds. The van der Waals surface area contributed by atoms with E-state index in [0.29, 0.717) is 30.5 Å². The highest BCUT2D eigenvalue weighted by Crippen LogP contribution is 2.22. The van der Waals surface area contributed by atoms with Crippen molar-refractivity contribution < 1.29 is 9.47 Å². The molecule has 0 spiro atoms. The van der Waals surface area contributed by atoms with E-state index in [9.17, 15) is 0 Å². The van der Waals surface area contributed by atoms with Crippen molar-refractivity contribution in [3.05, 3.63) is 59.1 Å². The minimum absolute atomic E-state index is 0.441. The average Bonchev–Trinajstić information content (AvgIpc) is 2.45. The Morgan fingerprint density at radius 1 is 0.947 bits per heavy atom. The van der Waals surface area contributed by atoms with Crippen molar-refractivity contribution >= 4 is 11.6 Å². The van der Waals surface area contributed by atoms with Gasteiger partial charge in [0.1, 0.15) is 24.7 Å². The summed E-state index contributed by atoms with van der Waals surface area (Å²) < 4.78 is 11.1. The van der Waals surface area contributed by atoms with Gasteiger partial charge in [-0.15, -0.1) is 0 Å². The smallest absolute Gasteiger partial charge is 0.138 e. The quantitative estimate of drug-likeness (QED) is 0.825. The second kappa shape index (κ2) is 7.02. The molecule has 0 radical (unpaired) electrons. The van der Waals surface area contributed by atoms with Crippen molar-refractivity contribution in [3.8, 4) is 11.5 Å². The van der Waals surface area contributed by atoms with E-state index in [2.05, 4.69) is 0 Å². The maximum absolute atomic E-state index is 5.98. The second-order valence-corrected chi connectivity index (χ2v) is 4.39. The Balaban J connectivity index is 1.79. The SMILES string of the molecule is NCc1cccc(OCCOc2ccccc2Cl)c1. The summed E-state index contributed by atoms with van der Waals surface area (Å²) >= 11 is 5.98. The zero-order valence-corrected chi connectivity index (χ0v) is 11.3. The number of ether oxygens (including phenoxy) is 2. The first-order valence-electron chi connectivity index (χ1n) is 6.09. The predicted octanol–water partition coefficient (Wildman–Crippen LogP) is 3.26. The molecule has 0 aliphatic rings. The van der Waals surface area contributed by atoms with E-state index in [1.807, 2.05) is 42.5 Å². The molecule has 19 heavy (non-hydrogen) atoms. The molecule has 0 fully saturated rings. The monoisotopic (exact) mass is 277 g/mol. The van der Waals surface area contributed by atoms with Gasteiger partial charge < -0.3 is 15.2 Å². The van der Waals surface area contributed by atoms with Gasteiger partial charge in [0.2, 0.25) is 0 Å². The van der Waals surface area contributed by atoms with Crippen LogP contribution >= 0.6 is 11.6 Å². The lowest BCUT2D eigenvalue weighted by Gasteiger charge is -2.10. The van der Waals surface area contributed by atoms with Gasteiger partial charge in [0.05, 0.1) is 5.02 Å². The Labute approximate surface area is 117 Å². The fourth-order valence-electron chi connectivity index (χ4n) is 1.64. The summed E-state index contributed by atoms with van der Waals surface area (Å²) in [5.41, 5.74) is 6.62. The van der Waals surface area contributed by atoms with Gasteiger partial charge in [-0.25, -0.2) is 0 Å². The maximum atomic E-state index is 5.98. The summed E-state index contributed by atoms with van der Waals surface area (Å²) in [6, 6.07) is 15.1. The van der Waals surface area contributed by atoms with Gasteiger partial charge in [0.15, 0.2) is 0 Å². The number of benzene rings is 2. The molecule has 0 heterocycles. The van der Waals surface area contributed by atoms with Crippen molar-refractivity contribution in [3.63, 3.8) is 0 Å². The van der Waals surface area contributed by atoms with E-state index >= 15 is 0 Å².